The Labute approximate surface area is 95.9 Å². The molecule has 2 aromatic rings. The van der Waals surface area contributed by atoms with E-state index in [-0.39, 0.29) is 0 Å². The van der Waals surface area contributed by atoms with Crippen molar-refractivity contribution in [3.63, 3.8) is 0 Å². The first-order valence-corrected chi connectivity index (χ1v) is 5.60. The minimum atomic E-state index is 0.359. The molecule has 0 bridgehead atoms. The third-order valence-corrected chi connectivity index (χ3v) is 3.11. The van der Waals surface area contributed by atoms with E-state index in [2.05, 4.69) is 43.5 Å². The molecule has 0 amide bonds. The SMILES string of the molecule is Cc1ccc2c(c1)c(C=O)c(C(C)C)n2C. The number of aryl methyl sites for hydroxylation is 2. The molecule has 2 heteroatoms. The monoisotopic (exact) mass is 215 g/mol. The van der Waals surface area contributed by atoms with E-state index in [0.29, 0.717) is 5.92 Å². The van der Waals surface area contributed by atoms with Crippen LogP contribution in [0.5, 0.6) is 0 Å². The van der Waals surface area contributed by atoms with Gasteiger partial charge in [-0.3, -0.25) is 4.79 Å². The van der Waals surface area contributed by atoms with E-state index in [1.165, 1.54) is 5.56 Å². The molecule has 0 N–H and O–H groups in total. The van der Waals surface area contributed by atoms with E-state index in [1.807, 2.05) is 7.05 Å². The van der Waals surface area contributed by atoms with Crippen LogP contribution in [-0.2, 0) is 7.05 Å². The van der Waals surface area contributed by atoms with Crippen LogP contribution < -0.4 is 0 Å². The zero-order chi connectivity index (χ0) is 11.9. The molecule has 1 heterocycles. The van der Waals surface area contributed by atoms with Crippen LogP contribution in [-0.4, -0.2) is 10.9 Å². The second-order valence-electron chi connectivity index (χ2n) is 4.65. The molecule has 2 nitrogen and oxygen atoms in total. The van der Waals surface area contributed by atoms with Crippen LogP contribution in [0.1, 0.15) is 41.4 Å². The molecule has 84 valence electrons. The molecule has 0 saturated heterocycles. The van der Waals surface area contributed by atoms with Crippen molar-refractivity contribution in [3.8, 4) is 0 Å². The van der Waals surface area contributed by atoms with E-state index in [0.717, 1.165) is 28.4 Å². The molecule has 0 saturated carbocycles. The summed E-state index contributed by atoms with van der Waals surface area (Å²) in [4.78, 5) is 11.3. The first kappa shape index (κ1) is 10.9. The van der Waals surface area contributed by atoms with Gasteiger partial charge < -0.3 is 4.57 Å². The zero-order valence-corrected chi connectivity index (χ0v) is 10.2. The summed E-state index contributed by atoms with van der Waals surface area (Å²) >= 11 is 0. The zero-order valence-electron chi connectivity index (χ0n) is 10.2. The van der Waals surface area contributed by atoms with Gasteiger partial charge in [0.25, 0.3) is 0 Å². The molecule has 1 aromatic heterocycles. The summed E-state index contributed by atoms with van der Waals surface area (Å²) in [5.74, 6) is 0.359. The Morgan fingerprint density at radius 2 is 2.00 bits per heavy atom. The highest BCUT2D eigenvalue weighted by Gasteiger charge is 2.16. The molecular weight excluding hydrogens is 198 g/mol. The summed E-state index contributed by atoms with van der Waals surface area (Å²) in [5, 5.41) is 1.07. The van der Waals surface area contributed by atoms with Crippen molar-refractivity contribution in [2.24, 2.45) is 7.05 Å². The van der Waals surface area contributed by atoms with Gasteiger partial charge in [-0.2, -0.15) is 0 Å². The highest BCUT2D eigenvalue weighted by molar-refractivity contribution is 5.99. The van der Waals surface area contributed by atoms with Gasteiger partial charge in [0.15, 0.2) is 6.29 Å². The van der Waals surface area contributed by atoms with Gasteiger partial charge in [0, 0.05) is 29.2 Å². The van der Waals surface area contributed by atoms with Crippen molar-refractivity contribution in [1.29, 1.82) is 0 Å². The molecule has 0 unspecified atom stereocenters. The molecular formula is C14H17NO. The Balaban J connectivity index is 2.91. The van der Waals surface area contributed by atoms with Crippen LogP contribution in [0, 0.1) is 6.92 Å². The van der Waals surface area contributed by atoms with Gasteiger partial charge in [-0.15, -0.1) is 0 Å². The van der Waals surface area contributed by atoms with Gasteiger partial charge in [-0.1, -0.05) is 25.5 Å². The molecule has 0 spiro atoms. The number of fused-ring (bicyclic) bond motifs is 1. The minimum absolute atomic E-state index is 0.359. The number of carbonyl (C=O) groups is 1. The van der Waals surface area contributed by atoms with E-state index in [1.54, 1.807) is 0 Å². The van der Waals surface area contributed by atoms with Gasteiger partial charge in [0.2, 0.25) is 0 Å². The van der Waals surface area contributed by atoms with Crippen molar-refractivity contribution in [1.82, 2.24) is 4.57 Å². The Hall–Kier alpha value is -1.57. The lowest BCUT2D eigenvalue weighted by Crippen LogP contribution is -2.00. The Kier molecular flexibility index (Phi) is 2.58. The van der Waals surface area contributed by atoms with Crippen LogP contribution in [0.3, 0.4) is 0 Å². The van der Waals surface area contributed by atoms with Gasteiger partial charge in [-0.25, -0.2) is 0 Å². The maximum absolute atomic E-state index is 11.3. The Bertz CT molecular complexity index is 549. The number of nitrogens with zero attached hydrogens (tertiary/aromatic N) is 1. The minimum Gasteiger partial charge on any atom is -0.347 e. The van der Waals surface area contributed by atoms with Crippen molar-refractivity contribution >= 4 is 17.2 Å². The van der Waals surface area contributed by atoms with Crippen LogP contribution in [0.25, 0.3) is 10.9 Å². The quantitative estimate of drug-likeness (QED) is 0.703. The smallest absolute Gasteiger partial charge is 0.152 e. The normalized spacial score (nSPS) is 11.3. The average Bonchev–Trinajstić information content (AvgIpc) is 2.50. The van der Waals surface area contributed by atoms with E-state index in [9.17, 15) is 4.79 Å². The molecule has 2 rings (SSSR count). The number of benzene rings is 1. The molecule has 16 heavy (non-hydrogen) atoms. The molecule has 0 aliphatic rings. The molecule has 0 aliphatic heterocycles. The van der Waals surface area contributed by atoms with Gasteiger partial charge in [0.1, 0.15) is 0 Å². The molecule has 1 aromatic carbocycles. The largest absolute Gasteiger partial charge is 0.347 e. The second-order valence-corrected chi connectivity index (χ2v) is 4.65. The number of aldehydes is 1. The van der Waals surface area contributed by atoms with E-state index < -0.39 is 0 Å². The fourth-order valence-electron chi connectivity index (χ4n) is 2.43. The summed E-state index contributed by atoms with van der Waals surface area (Å²) in [6.07, 6.45) is 0.983. The lowest BCUT2D eigenvalue weighted by molar-refractivity contribution is 0.112. The lowest BCUT2D eigenvalue weighted by Gasteiger charge is -2.08. The Morgan fingerprint density at radius 3 is 2.56 bits per heavy atom. The topological polar surface area (TPSA) is 22.0 Å². The third kappa shape index (κ3) is 1.45. The molecule has 0 fully saturated rings. The van der Waals surface area contributed by atoms with Crippen molar-refractivity contribution in [3.05, 3.63) is 35.0 Å². The van der Waals surface area contributed by atoms with Crippen LogP contribution in [0.4, 0.5) is 0 Å². The highest BCUT2D eigenvalue weighted by atomic mass is 16.1. The molecule has 0 atom stereocenters. The highest BCUT2D eigenvalue weighted by Crippen LogP contribution is 2.29. The van der Waals surface area contributed by atoms with Crippen molar-refractivity contribution in [2.45, 2.75) is 26.7 Å². The number of carbonyl (C=O) groups excluding carboxylic acids is 1. The maximum atomic E-state index is 11.3. The fourth-order valence-corrected chi connectivity index (χ4v) is 2.43. The van der Waals surface area contributed by atoms with Crippen molar-refractivity contribution < 1.29 is 4.79 Å². The third-order valence-electron chi connectivity index (χ3n) is 3.11. The number of rotatable bonds is 2. The first-order valence-electron chi connectivity index (χ1n) is 5.60. The predicted octanol–water partition coefficient (Wildman–Crippen LogP) is 3.42. The van der Waals surface area contributed by atoms with Crippen LogP contribution >= 0.6 is 0 Å². The fraction of sp³-hybridized carbons (Fsp3) is 0.357. The summed E-state index contributed by atoms with van der Waals surface area (Å²) in [6, 6.07) is 6.26. The summed E-state index contributed by atoms with van der Waals surface area (Å²) < 4.78 is 2.13. The number of hydrogen-bond acceptors (Lipinski definition) is 1. The first-order chi connectivity index (χ1) is 7.56. The lowest BCUT2D eigenvalue weighted by atomic mass is 10.0. The summed E-state index contributed by atoms with van der Waals surface area (Å²) in [6.45, 7) is 6.29. The average molecular weight is 215 g/mol. The van der Waals surface area contributed by atoms with Gasteiger partial charge in [0.05, 0.1) is 0 Å². The standard InChI is InChI=1S/C14H17NO/c1-9(2)14-12(8-16)11-7-10(3)5-6-13(11)15(14)4/h5-9H,1-4H3. The Morgan fingerprint density at radius 1 is 1.31 bits per heavy atom. The van der Waals surface area contributed by atoms with Crippen molar-refractivity contribution in [2.75, 3.05) is 0 Å². The summed E-state index contributed by atoms with van der Waals surface area (Å²) in [7, 11) is 2.03. The van der Waals surface area contributed by atoms with Gasteiger partial charge >= 0.3 is 0 Å². The molecule has 0 aliphatic carbocycles. The predicted molar refractivity (Wildman–Crippen MR) is 67.1 cm³/mol. The number of hydrogen-bond donors (Lipinski definition) is 0. The summed E-state index contributed by atoms with van der Waals surface area (Å²) in [5.41, 5.74) is 4.29. The van der Waals surface area contributed by atoms with E-state index in [4.69, 9.17) is 0 Å². The van der Waals surface area contributed by atoms with Crippen LogP contribution in [0.15, 0.2) is 18.2 Å². The number of aromatic nitrogens is 1. The molecule has 0 radical (unpaired) electrons. The second kappa shape index (κ2) is 3.78. The van der Waals surface area contributed by atoms with Crippen LogP contribution in [0.2, 0.25) is 0 Å². The van der Waals surface area contributed by atoms with E-state index >= 15 is 0 Å². The maximum Gasteiger partial charge on any atom is 0.152 e. The van der Waals surface area contributed by atoms with Gasteiger partial charge in [-0.05, 0) is 25.0 Å².